The quantitative estimate of drug-likeness (QED) is 0.695. The van der Waals surface area contributed by atoms with E-state index in [0.717, 1.165) is 5.56 Å². The van der Waals surface area contributed by atoms with Gasteiger partial charge in [-0.15, -0.1) is 6.42 Å². The van der Waals surface area contributed by atoms with Gasteiger partial charge in [-0.25, -0.2) is 0 Å². The highest BCUT2D eigenvalue weighted by molar-refractivity contribution is 5.13. The van der Waals surface area contributed by atoms with Gasteiger partial charge in [-0.05, 0) is 12.5 Å². The molecule has 0 aliphatic heterocycles. The van der Waals surface area contributed by atoms with Crippen molar-refractivity contribution in [3.05, 3.63) is 35.9 Å². The molecule has 0 heterocycles. The number of nitrogens with one attached hydrogen (secondary N) is 1. The van der Waals surface area contributed by atoms with E-state index >= 15 is 0 Å². The van der Waals surface area contributed by atoms with Gasteiger partial charge in [-0.2, -0.15) is 0 Å². The van der Waals surface area contributed by atoms with Crippen LogP contribution in [0.4, 0.5) is 0 Å². The van der Waals surface area contributed by atoms with Gasteiger partial charge < -0.3 is 15.2 Å². The van der Waals surface area contributed by atoms with E-state index in [0.29, 0.717) is 19.8 Å². The van der Waals surface area contributed by atoms with Crippen LogP contribution in [-0.2, 0) is 11.3 Å². The second-order valence-corrected chi connectivity index (χ2v) is 3.95. The molecule has 1 aromatic carbocycles. The summed E-state index contributed by atoms with van der Waals surface area (Å²) in [4.78, 5) is 0. The number of hydrogen-bond donors (Lipinski definition) is 2. The number of rotatable bonds is 7. The predicted octanol–water partition coefficient (Wildman–Crippen LogP) is 1.18. The van der Waals surface area contributed by atoms with Crippen LogP contribution < -0.4 is 5.32 Å². The molecule has 2 atom stereocenters. The summed E-state index contributed by atoms with van der Waals surface area (Å²) < 4.78 is 5.41. The standard InChI is InChI=1S/C14H19NO2/c1-3-12(2)15-9-14(16)11-17-10-13-7-5-4-6-8-13/h1,4-8,12,14-16H,9-11H2,2H3. The van der Waals surface area contributed by atoms with Crippen LogP contribution in [0.1, 0.15) is 12.5 Å². The maximum atomic E-state index is 9.62. The van der Waals surface area contributed by atoms with Gasteiger partial charge in [0.05, 0.1) is 25.4 Å². The van der Waals surface area contributed by atoms with E-state index in [-0.39, 0.29) is 6.04 Å². The third-order valence-corrected chi connectivity index (χ3v) is 2.33. The molecule has 3 nitrogen and oxygen atoms in total. The molecule has 0 radical (unpaired) electrons. The van der Waals surface area contributed by atoms with Crippen molar-refractivity contribution in [3.8, 4) is 12.3 Å². The van der Waals surface area contributed by atoms with Gasteiger partial charge in [0.2, 0.25) is 0 Å². The summed E-state index contributed by atoms with van der Waals surface area (Å²) in [6, 6.07) is 9.84. The number of hydrogen-bond acceptors (Lipinski definition) is 3. The largest absolute Gasteiger partial charge is 0.389 e. The Morgan fingerprint density at radius 2 is 2.12 bits per heavy atom. The number of aliphatic hydroxyl groups is 1. The average molecular weight is 233 g/mol. The van der Waals surface area contributed by atoms with Crippen molar-refractivity contribution < 1.29 is 9.84 Å². The van der Waals surface area contributed by atoms with Crippen molar-refractivity contribution in [3.63, 3.8) is 0 Å². The van der Waals surface area contributed by atoms with Crippen molar-refractivity contribution in [2.75, 3.05) is 13.2 Å². The number of benzene rings is 1. The summed E-state index contributed by atoms with van der Waals surface area (Å²) in [5.74, 6) is 2.54. The molecule has 0 aliphatic carbocycles. The van der Waals surface area contributed by atoms with Crippen molar-refractivity contribution in [2.45, 2.75) is 25.7 Å². The molecule has 0 spiro atoms. The second kappa shape index (κ2) is 7.86. The molecule has 1 aromatic rings. The van der Waals surface area contributed by atoms with E-state index in [9.17, 15) is 5.11 Å². The molecular formula is C14H19NO2. The first-order chi connectivity index (χ1) is 8.22. The van der Waals surface area contributed by atoms with Gasteiger partial charge in [0.15, 0.2) is 0 Å². The number of aliphatic hydroxyl groups excluding tert-OH is 1. The Morgan fingerprint density at radius 1 is 1.41 bits per heavy atom. The Bertz CT molecular complexity index is 345. The van der Waals surface area contributed by atoms with Crippen LogP contribution in [0.3, 0.4) is 0 Å². The number of ether oxygens (including phenoxy) is 1. The summed E-state index contributed by atoms with van der Waals surface area (Å²) in [5, 5.41) is 12.6. The monoisotopic (exact) mass is 233 g/mol. The number of terminal acetylenes is 1. The molecule has 0 fully saturated rings. The zero-order valence-corrected chi connectivity index (χ0v) is 10.1. The highest BCUT2D eigenvalue weighted by Crippen LogP contribution is 2.00. The fraction of sp³-hybridized carbons (Fsp3) is 0.429. The molecule has 1 rings (SSSR count). The Labute approximate surface area is 103 Å². The Balaban J connectivity index is 2.12. The first kappa shape index (κ1) is 13.7. The van der Waals surface area contributed by atoms with E-state index in [1.807, 2.05) is 37.3 Å². The zero-order valence-electron chi connectivity index (χ0n) is 10.1. The Morgan fingerprint density at radius 3 is 2.76 bits per heavy atom. The lowest BCUT2D eigenvalue weighted by Crippen LogP contribution is -2.35. The van der Waals surface area contributed by atoms with Gasteiger partial charge >= 0.3 is 0 Å². The van der Waals surface area contributed by atoms with Gasteiger partial charge in [-0.1, -0.05) is 36.3 Å². The van der Waals surface area contributed by atoms with Gasteiger partial charge in [-0.3, -0.25) is 0 Å². The van der Waals surface area contributed by atoms with Gasteiger partial charge in [0, 0.05) is 6.54 Å². The smallest absolute Gasteiger partial charge is 0.0898 e. The van der Waals surface area contributed by atoms with Crippen molar-refractivity contribution in [1.82, 2.24) is 5.32 Å². The molecule has 3 heteroatoms. The first-order valence-electron chi connectivity index (χ1n) is 5.71. The molecule has 0 saturated heterocycles. The lowest BCUT2D eigenvalue weighted by molar-refractivity contribution is 0.0285. The minimum Gasteiger partial charge on any atom is -0.389 e. The van der Waals surface area contributed by atoms with E-state index in [2.05, 4.69) is 11.2 Å². The van der Waals surface area contributed by atoms with E-state index in [4.69, 9.17) is 11.2 Å². The predicted molar refractivity (Wildman–Crippen MR) is 68.4 cm³/mol. The highest BCUT2D eigenvalue weighted by atomic mass is 16.5. The summed E-state index contributed by atoms with van der Waals surface area (Å²) in [5.41, 5.74) is 1.10. The van der Waals surface area contributed by atoms with Crippen LogP contribution in [0, 0.1) is 12.3 Å². The zero-order chi connectivity index (χ0) is 12.5. The molecule has 0 bridgehead atoms. The summed E-state index contributed by atoms with van der Waals surface area (Å²) in [7, 11) is 0. The topological polar surface area (TPSA) is 41.5 Å². The minimum absolute atomic E-state index is 0.0289. The summed E-state index contributed by atoms with van der Waals surface area (Å²) in [6.07, 6.45) is 4.68. The third-order valence-electron chi connectivity index (χ3n) is 2.33. The fourth-order valence-corrected chi connectivity index (χ4v) is 1.32. The molecule has 2 unspecified atom stereocenters. The maximum absolute atomic E-state index is 9.62. The fourth-order valence-electron chi connectivity index (χ4n) is 1.32. The normalized spacial score (nSPS) is 13.9. The SMILES string of the molecule is C#CC(C)NCC(O)COCc1ccccc1. The lowest BCUT2D eigenvalue weighted by atomic mass is 10.2. The maximum Gasteiger partial charge on any atom is 0.0898 e. The third kappa shape index (κ3) is 6.08. The average Bonchev–Trinajstić information content (AvgIpc) is 2.37. The van der Waals surface area contributed by atoms with Crippen molar-refractivity contribution >= 4 is 0 Å². The van der Waals surface area contributed by atoms with Crippen molar-refractivity contribution in [2.24, 2.45) is 0 Å². The minimum atomic E-state index is -0.533. The molecule has 17 heavy (non-hydrogen) atoms. The summed E-state index contributed by atoms with van der Waals surface area (Å²) >= 11 is 0. The lowest BCUT2D eigenvalue weighted by Gasteiger charge is -2.13. The molecule has 0 aliphatic rings. The van der Waals surface area contributed by atoms with Crippen LogP contribution in [-0.4, -0.2) is 30.4 Å². The molecular weight excluding hydrogens is 214 g/mol. The van der Waals surface area contributed by atoms with Crippen LogP contribution in [0.2, 0.25) is 0 Å². The molecule has 0 aromatic heterocycles. The molecule has 92 valence electrons. The van der Waals surface area contributed by atoms with Crippen LogP contribution in [0.25, 0.3) is 0 Å². The molecule has 0 amide bonds. The van der Waals surface area contributed by atoms with Crippen LogP contribution >= 0.6 is 0 Å². The Kier molecular flexibility index (Phi) is 6.34. The van der Waals surface area contributed by atoms with E-state index in [1.54, 1.807) is 0 Å². The van der Waals surface area contributed by atoms with Crippen molar-refractivity contribution in [1.29, 1.82) is 0 Å². The van der Waals surface area contributed by atoms with Gasteiger partial charge in [0.1, 0.15) is 0 Å². The second-order valence-electron chi connectivity index (χ2n) is 3.95. The van der Waals surface area contributed by atoms with Gasteiger partial charge in [0.25, 0.3) is 0 Å². The van der Waals surface area contributed by atoms with E-state index in [1.165, 1.54) is 0 Å². The first-order valence-corrected chi connectivity index (χ1v) is 5.71. The Hall–Kier alpha value is -1.34. The summed E-state index contributed by atoms with van der Waals surface area (Å²) in [6.45, 7) is 3.14. The van der Waals surface area contributed by atoms with Crippen LogP contribution in [0.5, 0.6) is 0 Å². The highest BCUT2D eigenvalue weighted by Gasteiger charge is 2.05. The molecule has 2 N–H and O–H groups in total. The van der Waals surface area contributed by atoms with Crippen LogP contribution in [0.15, 0.2) is 30.3 Å². The van der Waals surface area contributed by atoms with E-state index < -0.39 is 6.10 Å². The molecule has 0 saturated carbocycles.